The summed E-state index contributed by atoms with van der Waals surface area (Å²) in [5.41, 5.74) is 1.51. The second-order valence-electron chi connectivity index (χ2n) is 4.47. The largest absolute Gasteiger partial charge is 0.327 e. The summed E-state index contributed by atoms with van der Waals surface area (Å²) in [5.74, 6) is -0.168. The minimum absolute atomic E-state index is 0.0425. The summed E-state index contributed by atoms with van der Waals surface area (Å²) < 4.78 is 0. The molecule has 20 heavy (non-hydrogen) atoms. The highest BCUT2D eigenvalue weighted by atomic mass is 16.6. The Kier molecular flexibility index (Phi) is 3.51. The molecule has 0 radical (unpaired) electrons. The molecule has 0 saturated carbocycles. The van der Waals surface area contributed by atoms with Crippen molar-refractivity contribution in [1.29, 1.82) is 0 Å². The highest BCUT2D eigenvalue weighted by Gasteiger charge is 2.29. The van der Waals surface area contributed by atoms with Gasteiger partial charge in [-0.15, -0.1) is 0 Å². The Morgan fingerprint density at radius 2 is 1.90 bits per heavy atom. The van der Waals surface area contributed by atoms with Gasteiger partial charge >= 0.3 is 6.03 Å². The van der Waals surface area contributed by atoms with Gasteiger partial charge in [-0.25, -0.2) is 4.79 Å². The van der Waals surface area contributed by atoms with Crippen LogP contribution in [0.25, 0.3) is 0 Å². The smallest absolute Gasteiger partial charge is 0.319 e. The van der Waals surface area contributed by atoms with Crippen molar-refractivity contribution in [3.63, 3.8) is 0 Å². The molecular formula is C13H13N3O4. The molecule has 1 aromatic rings. The minimum atomic E-state index is -0.595. The molecular weight excluding hydrogens is 262 g/mol. The molecule has 1 aliphatic rings. The highest BCUT2D eigenvalue weighted by Crippen LogP contribution is 2.28. The lowest BCUT2D eigenvalue weighted by Gasteiger charge is -2.27. The van der Waals surface area contributed by atoms with Gasteiger partial charge in [0.05, 0.1) is 11.0 Å². The predicted molar refractivity (Wildman–Crippen MR) is 70.9 cm³/mol. The molecule has 0 saturated heterocycles. The molecule has 1 heterocycles. The number of Topliss-reactive ketones (excluding diaryl/α,β-unsaturated/α-hetero) is 1. The number of nitro benzene ring substituents is 1. The lowest BCUT2D eigenvalue weighted by Crippen LogP contribution is -2.44. The zero-order chi connectivity index (χ0) is 14.9. The second kappa shape index (κ2) is 5.12. The summed E-state index contributed by atoms with van der Waals surface area (Å²) >= 11 is 0. The Balaban J connectivity index is 2.43. The van der Waals surface area contributed by atoms with E-state index in [2.05, 4.69) is 10.6 Å². The predicted octanol–water partition coefficient (Wildman–Crippen LogP) is 1.81. The first kappa shape index (κ1) is 13.7. The number of nitro groups is 1. The Bertz CT molecular complexity index is 619. The van der Waals surface area contributed by atoms with E-state index in [4.69, 9.17) is 0 Å². The summed E-state index contributed by atoms with van der Waals surface area (Å²) in [6.07, 6.45) is 0. The van der Waals surface area contributed by atoms with Crippen molar-refractivity contribution in [3.05, 3.63) is 51.2 Å². The summed E-state index contributed by atoms with van der Waals surface area (Å²) in [4.78, 5) is 33.4. The van der Waals surface area contributed by atoms with Crippen LogP contribution in [0.1, 0.15) is 25.5 Å². The fraction of sp³-hybridized carbons (Fsp3) is 0.231. The number of nitrogens with one attached hydrogen (secondary N) is 2. The molecule has 7 nitrogen and oxygen atoms in total. The SMILES string of the molecule is CC(=O)C1=C(C)NC(=O)N[C@H]1c1ccc([N+](=O)[O-])cc1. The molecule has 1 atom stereocenters. The van der Waals surface area contributed by atoms with Crippen LogP contribution >= 0.6 is 0 Å². The number of carbonyl (C=O) groups excluding carboxylic acids is 2. The van der Waals surface area contributed by atoms with Crippen LogP contribution < -0.4 is 10.6 Å². The molecule has 0 bridgehead atoms. The van der Waals surface area contributed by atoms with Crippen molar-refractivity contribution in [2.24, 2.45) is 0 Å². The van der Waals surface area contributed by atoms with Gasteiger partial charge in [0.15, 0.2) is 5.78 Å². The Hall–Kier alpha value is -2.70. The van der Waals surface area contributed by atoms with Gasteiger partial charge < -0.3 is 10.6 Å². The Labute approximate surface area is 114 Å². The topological polar surface area (TPSA) is 101 Å². The van der Waals surface area contributed by atoms with Gasteiger partial charge in [-0.3, -0.25) is 14.9 Å². The molecule has 0 fully saturated rings. The summed E-state index contributed by atoms with van der Waals surface area (Å²) in [5, 5.41) is 15.8. The average Bonchev–Trinajstić information content (AvgIpc) is 2.37. The van der Waals surface area contributed by atoms with E-state index in [1.165, 1.54) is 31.2 Å². The molecule has 1 aliphatic heterocycles. The van der Waals surface area contributed by atoms with E-state index in [1.807, 2.05) is 0 Å². The van der Waals surface area contributed by atoms with Crippen LogP contribution in [0.3, 0.4) is 0 Å². The van der Waals surface area contributed by atoms with Crippen LogP contribution in [0.5, 0.6) is 0 Å². The number of hydrogen-bond donors (Lipinski definition) is 2. The highest BCUT2D eigenvalue weighted by molar-refractivity contribution is 5.98. The van der Waals surface area contributed by atoms with Gasteiger partial charge in [0.2, 0.25) is 0 Å². The number of amides is 2. The normalized spacial score (nSPS) is 18.3. The van der Waals surface area contributed by atoms with Gasteiger partial charge in [0.25, 0.3) is 5.69 Å². The zero-order valence-corrected chi connectivity index (χ0v) is 11.0. The standard InChI is InChI=1S/C13H13N3O4/c1-7-11(8(2)17)12(15-13(18)14-7)9-3-5-10(6-4-9)16(19)20/h3-6,12H,1-2H3,(H2,14,15,18)/t12-/m0/s1. The summed E-state index contributed by atoms with van der Waals surface area (Å²) in [6, 6.07) is 4.75. The van der Waals surface area contributed by atoms with Gasteiger partial charge in [-0.1, -0.05) is 0 Å². The molecule has 104 valence electrons. The van der Waals surface area contributed by atoms with E-state index in [-0.39, 0.29) is 11.5 Å². The number of non-ortho nitro benzene ring substituents is 1. The van der Waals surface area contributed by atoms with E-state index in [1.54, 1.807) is 6.92 Å². The lowest BCUT2D eigenvalue weighted by molar-refractivity contribution is -0.384. The average molecular weight is 275 g/mol. The molecule has 0 spiro atoms. The summed E-state index contributed by atoms with van der Waals surface area (Å²) in [6.45, 7) is 3.06. The number of benzene rings is 1. The van der Waals surface area contributed by atoms with Crippen molar-refractivity contribution >= 4 is 17.5 Å². The Morgan fingerprint density at radius 3 is 2.40 bits per heavy atom. The quantitative estimate of drug-likeness (QED) is 0.648. The molecule has 2 amide bonds. The van der Waals surface area contributed by atoms with E-state index >= 15 is 0 Å². The van der Waals surface area contributed by atoms with Crippen molar-refractivity contribution in [2.45, 2.75) is 19.9 Å². The summed E-state index contributed by atoms with van der Waals surface area (Å²) in [7, 11) is 0. The molecule has 1 aromatic carbocycles. The van der Waals surface area contributed by atoms with Gasteiger partial charge in [-0.2, -0.15) is 0 Å². The third kappa shape index (κ3) is 2.51. The van der Waals surface area contributed by atoms with Crippen LogP contribution in [0.4, 0.5) is 10.5 Å². The number of hydrogen-bond acceptors (Lipinski definition) is 4. The van der Waals surface area contributed by atoms with Gasteiger partial charge in [0.1, 0.15) is 0 Å². The van der Waals surface area contributed by atoms with E-state index in [0.29, 0.717) is 16.8 Å². The number of rotatable bonds is 3. The molecule has 0 aliphatic carbocycles. The number of nitrogens with zero attached hydrogens (tertiary/aromatic N) is 1. The second-order valence-corrected chi connectivity index (χ2v) is 4.47. The van der Waals surface area contributed by atoms with Crippen LogP contribution in [0.15, 0.2) is 35.5 Å². The van der Waals surface area contributed by atoms with Crippen LogP contribution in [-0.2, 0) is 4.79 Å². The number of urea groups is 1. The van der Waals surface area contributed by atoms with Crippen LogP contribution in [-0.4, -0.2) is 16.7 Å². The first-order valence-electron chi connectivity index (χ1n) is 5.93. The van der Waals surface area contributed by atoms with Crippen LogP contribution in [0.2, 0.25) is 0 Å². The van der Waals surface area contributed by atoms with Crippen molar-refractivity contribution in [2.75, 3.05) is 0 Å². The van der Waals surface area contributed by atoms with E-state index < -0.39 is 17.0 Å². The van der Waals surface area contributed by atoms with E-state index in [9.17, 15) is 19.7 Å². The molecule has 2 rings (SSSR count). The van der Waals surface area contributed by atoms with Crippen molar-refractivity contribution in [3.8, 4) is 0 Å². The first-order chi connectivity index (χ1) is 9.40. The molecule has 0 unspecified atom stereocenters. The zero-order valence-electron chi connectivity index (χ0n) is 11.0. The molecule has 2 N–H and O–H groups in total. The van der Waals surface area contributed by atoms with Gasteiger partial charge in [-0.05, 0) is 31.5 Å². The Morgan fingerprint density at radius 1 is 1.30 bits per heavy atom. The fourth-order valence-corrected chi connectivity index (χ4v) is 2.20. The fourth-order valence-electron chi connectivity index (χ4n) is 2.20. The number of carbonyl (C=O) groups is 2. The van der Waals surface area contributed by atoms with E-state index in [0.717, 1.165) is 0 Å². The minimum Gasteiger partial charge on any atom is -0.327 e. The number of allylic oxidation sites excluding steroid dienone is 1. The molecule has 7 heteroatoms. The maximum absolute atomic E-state index is 11.7. The maximum atomic E-state index is 11.7. The van der Waals surface area contributed by atoms with Crippen LogP contribution in [0, 0.1) is 10.1 Å². The van der Waals surface area contributed by atoms with Crippen molar-refractivity contribution in [1.82, 2.24) is 10.6 Å². The third-order valence-corrected chi connectivity index (χ3v) is 3.09. The lowest BCUT2D eigenvalue weighted by atomic mass is 9.93. The number of ketones is 1. The van der Waals surface area contributed by atoms with Gasteiger partial charge in [0, 0.05) is 23.4 Å². The maximum Gasteiger partial charge on any atom is 0.319 e. The molecule has 0 aromatic heterocycles. The first-order valence-corrected chi connectivity index (χ1v) is 5.93. The third-order valence-electron chi connectivity index (χ3n) is 3.09. The monoisotopic (exact) mass is 275 g/mol. The van der Waals surface area contributed by atoms with Crippen molar-refractivity contribution < 1.29 is 14.5 Å².